The zero-order valence-corrected chi connectivity index (χ0v) is 34.4. The average molecular weight is 802 g/mol. The maximum atomic E-state index is 2.47. The highest BCUT2D eigenvalue weighted by atomic mass is 15.0. The minimum atomic E-state index is 1.15. The van der Waals surface area contributed by atoms with Gasteiger partial charge in [0.15, 0.2) is 0 Å². The van der Waals surface area contributed by atoms with E-state index in [1.807, 2.05) is 0 Å². The Kier molecular flexibility index (Phi) is 7.91. The SMILES string of the molecule is c1ccc(-c2cccc(-n3c4ccccc4c4cc(-c5ccc(-c6cc7c(c8ccccc8n7-c7ccccc7)c7c8ccccc8n(-c8ccccc8)c67)cc5)ccc43)c2)cc1. The van der Waals surface area contributed by atoms with Crippen LogP contribution in [0.4, 0.5) is 0 Å². The predicted octanol–water partition coefficient (Wildman–Crippen LogP) is 16.0. The van der Waals surface area contributed by atoms with Crippen molar-refractivity contribution in [1.29, 1.82) is 0 Å². The fourth-order valence-corrected chi connectivity index (χ4v) is 10.3. The Labute approximate surface area is 364 Å². The van der Waals surface area contributed by atoms with Crippen molar-refractivity contribution in [3.63, 3.8) is 0 Å². The summed E-state index contributed by atoms with van der Waals surface area (Å²) in [6.07, 6.45) is 0. The molecule has 13 rings (SSSR count). The molecule has 63 heavy (non-hydrogen) atoms. The number of benzene rings is 10. The van der Waals surface area contributed by atoms with E-state index in [2.05, 4.69) is 250 Å². The van der Waals surface area contributed by atoms with E-state index in [0.29, 0.717) is 0 Å². The largest absolute Gasteiger partial charge is 0.309 e. The molecule has 0 spiro atoms. The maximum Gasteiger partial charge on any atom is 0.0627 e. The molecule has 3 heterocycles. The monoisotopic (exact) mass is 801 g/mol. The van der Waals surface area contributed by atoms with Gasteiger partial charge in [0, 0.05) is 54.9 Å². The second kappa shape index (κ2) is 14.1. The Bertz CT molecular complexity index is 3870. The highest BCUT2D eigenvalue weighted by molar-refractivity contribution is 6.31. The molecule has 0 amide bonds. The fraction of sp³-hybridized carbons (Fsp3) is 0. The molecule has 0 radical (unpaired) electrons. The van der Waals surface area contributed by atoms with Crippen LogP contribution in [0.2, 0.25) is 0 Å². The summed E-state index contributed by atoms with van der Waals surface area (Å²) in [6.45, 7) is 0. The van der Waals surface area contributed by atoms with Crippen LogP contribution < -0.4 is 0 Å². The summed E-state index contributed by atoms with van der Waals surface area (Å²) in [5.74, 6) is 0. The molecule has 0 atom stereocenters. The summed E-state index contributed by atoms with van der Waals surface area (Å²) in [5, 5.41) is 7.53. The Morgan fingerprint density at radius 1 is 0.222 bits per heavy atom. The third-order valence-electron chi connectivity index (χ3n) is 13.0. The molecule has 3 aromatic heterocycles. The van der Waals surface area contributed by atoms with E-state index in [1.54, 1.807) is 0 Å². The zero-order valence-electron chi connectivity index (χ0n) is 34.4. The van der Waals surface area contributed by atoms with Gasteiger partial charge >= 0.3 is 0 Å². The molecule has 0 unspecified atom stereocenters. The number of hydrogen-bond donors (Lipinski definition) is 0. The number of nitrogens with zero attached hydrogens (tertiary/aromatic N) is 3. The molecule has 3 heteroatoms. The van der Waals surface area contributed by atoms with Crippen LogP contribution in [0.1, 0.15) is 0 Å². The van der Waals surface area contributed by atoms with Crippen molar-refractivity contribution in [2.45, 2.75) is 0 Å². The van der Waals surface area contributed by atoms with Gasteiger partial charge in [-0.15, -0.1) is 0 Å². The van der Waals surface area contributed by atoms with E-state index >= 15 is 0 Å². The van der Waals surface area contributed by atoms with E-state index in [-0.39, 0.29) is 0 Å². The van der Waals surface area contributed by atoms with Gasteiger partial charge in [-0.1, -0.05) is 164 Å². The van der Waals surface area contributed by atoms with Crippen molar-refractivity contribution in [3.05, 3.63) is 237 Å². The molecule has 294 valence electrons. The summed E-state index contributed by atoms with van der Waals surface area (Å²) in [7, 11) is 0. The lowest BCUT2D eigenvalue weighted by Gasteiger charge is -2.14. The maximum absolute atomic E-state index is 2.47. The fourth-order valence-electron chi connectivity index (χ4n) is 10.3. The second-order valence-corrected chi connectivity index (χ2v) is 16.5. The van der Waals surface area contributed by atoms with E-state index in [4.69, 9.17) is 0 Å². The Balaban J connectivity index is 1.02. The topological polar surface area (TPSA) is 14.8 Å². The number of fused-ring (bicyclic) bond motifs is 10. The molecular formula is C60H39N3. The van der Waals surface area contributed by atoms with Gasteiger partial charge in [0.25, 0.3) is 0 Å². The average Bonchev–Trinajstić information content (AvgIpc) is 4.00. The van der Waals surface area contributed by atoms with Crippen molar-refractivity contribution < 1.29 is 0 Å². The van der Waals surface area contributed by atoms with E-state index in [0.717, 1.165) is 17.1 Å². The quantitative estimate of drug-likeness (QED) is 0.159. The molecule has 0 bridgehead atoms. The Hall–Kier alpha value is -8.40. The van der Waals surface area contributed by atoms with Gasteiger partial charge in [0.05, 0.1) is 33.1 Å². The number of rotatable bonds is 6. The molecule has 0 saturated heterocycles. The van der Waals surface area contributed by atoms with E-state index in [1.165, 1.54) is 98.8 Å². The molecule has 10 aromatic carbocycles. The van der Waals surface area contributed by atoms with Gasteiger partial charge in [0.1, 0.15) is 0 Å². The van der Waals surface area contributed by atoms with Crippen LogP contribution in [0, 0.1) is 0 Å². The highest BCUT2D eigenvalue weighted by Gasteiger charge is 2.24. The van der Waals surface area contributed by atoms with Gasteiger partial charge in [-0.3, -0.25) is 0 Å². The van der Waals surface area contributed by atoms with Crippen LogP contribution in [0.25, 0.3) is 116 Å². The van der Waals surface area contributed by atoms with Crippen LogP contribution in [0.15, 0.2) is 237 Å². The van der Waals surface area contributed by atoms with Crippen molar-refractivity contribution in [2.24, 2.45) is 0 Å². The standard InChI is InChI=1S/C60H39N3/c1-4-17-40(18-5-1)43-19-16-24-47(37-43)62-53-28-13-10-25-48(53)52-38-44(35-36-56(52)62)41-31-33-42(34-32-41)51-39-57-58(49-26-11-14-29-54(49)61(57)45-20-6-2-7-21-45)59-50-27-12-15-30-55(50)63(60(51)59)46-22-8-3-9-23-46/h1-39H. The van der Waals surface area contributed by atoms with Crippen molar-refractivity contribution in [3.8, 4) is 50.4 Å². The van der Waals surface area contributed by atoms with Gasteiger partial charge < -0.3 is 13.7 Å². The molecule has 3 nitrogen and oxygen atoms in total. The minimum Gasteiger partial charge on any atom is -0.309 e. The summed E-state index contributed by atoms with van der Waals surface area (Å²) >= 11 is 0. The second-order valence-electron chi connectivity index (χ2n) is 16.5. The first-order valence-corrected chi connectivity index (χ1v) is 21.7. The Morgan fingerprint density at radius 3 is 1.37 bits per heavy atom. The first kappa shape index (κ1) is 35.4. The predicted molar refractivity (Wildman–Crippen MR) is 266 cm³/mol. The van der Waals surface area contributed by atoms with E-state index in [9.17, 15) is 0 Å². The van der Waals surface area contributed by atoms with Gasteiger partial charge in [-0.05, 0) is 101 Å². The lowest BCUT2D eigenvalue weighted by Crippen LogP contribution is -1.97. The van der Waals surface area contributed by atoms with Crippen LogP contribution in [0.3, 0.4) is 0 Å². The minimum absolute atomic E-state index is 1.15. The smallest absolute Gasteiger partial charge is 0.0627 e. The van der Waals surface area contributed by atoms with Crippen molar-refractivity contribution >= 4 is 65.4 Å². The molecule has 0 fully saturated rings. The number of hydrogen-bond acceptors (Lipinski definition) is 0. The Morgan fingerprint density at radius 2 is 0.667 bits per heavy atom. The molecule has 13 aromatic rings. The van der Waals surface area contributed by atoms with Crippen molar-refractivity contribution in [1.82, 2.24) is 13.7 Å². The molecule has 0 aliphatic heterocycles. The van der Waals surface area contributed by atoms with Crippen LogP contribution in [-0.4, -0.2) is 13.7 Å². The zero-order chi connectivity index (χ0) is 41.4. The molecule has 0 aliphatic carbocycles. The van der Waals surface area contributed by atoms with Crippen molar-refractivity contribution in [2.75, 3.05) is 0 Å². The number of para-hydroxylation sites is 5. The van der Waals surface area contributed by atoms with Gasteiger partial charge in [0.2, 0.25) is 0 Å². The highest BCUT2D eigenvalue weighted by Crippen LogP contribution is 2.47. The third-order valence-corrected chi connectivity index (χ3v) is 13.0. The van der Waals surface area contributed by atoms with Crippen LogP contribution in [-0.2, 0) is 0 Å². The van der Waals surface area contributed by atoms with Gasteiger partial charge in [-0.25, -0.2) is 0 Å². The molecule has 0 saturated carbocycles. The molecule has 0 N–H and O–H groups in total. The van der Waals surface area contributed by atoms with E-state index < -0.39 is 0 Å². The van der Waals surface area contributed by atoms with Crippen LogP contribution >= 0.6 is 0 Å². The summed E-state index contributed by atoms with van der Waals surface area (Å²) < 4.78 is 7.33. The molecule has 0 aliphatic rings. The summed E-state index contributed by atoms with van der Waals surface area (Å²) in [5.41, 5.74) is 17.8. The summed E-state index contributed by atoms with van der Waals surface area (Å²) in [6, 6.07) is 86.3. The number of aromatic nitrogens is 3. The van der Waals surface area contributed by atoms with Gasteiger partial charge in [-0.2, -0.15) is 0 Å². The molecular weight excluding hydrogens is 763 g/mol. The van der Waals surface area contributed by atoms with Crippen LogP contribution in [0.5, 0.6) is 0 Å². The third kappa shape index (κ3) is 5.46. The lowest BCUT2D eigenvalue weighted by atomic mass is 9.95. The first-order valence-electron chi connectivity index (χ1n) is 21.7. The summed E-state index contributed by atoms with van der Waals surface area (Å²) in [4.78, 5) is 0. The lowest BCUT2D eigenvalue weighted by molar-refractivity contribution is 1.17. The normalized spacial score (nSPS) is 11.8. The first-order chi connectivity index (χ1) is 31.3.